The molecule has 3 aromatic rings. The van der Waals surface area contributed by atoms with E-state index < -0.39 is 24.0 Å². The Morgan fingerprint density at radius 1 is 0.618 bits per heavy atom. The third-order valence-electron chi connectivity index (χ3n) is 4.69. The van der Waals surface area contributed by atoms with Crippen LogP contribution < -0.4 is 9.47 Å². The second-order valence-corrected chi connectivity index (χ2v) is 7.05. The lowest BCUT2D eigenvalue weighted by Crippen LogP contribution is -2.31. The van der Waals surface area contributed by atoms with Crippen LogP contribution in [0.25, 0.3) is 0 Å². The van der Waals surface area contributed by atoms with Crippen molar-refractivity contribution in [1.82, 2.24) is 0 Å². The molecular weight excluding hydrogens is 440 g/mol. The van der Waals surface area contributed by atoms with Gasteiger partial charge in [0.15, 0.2) is 6.10 Å². The van der Waals surface area contributed by atoms with Crippen molar-refractivity contribution in [1.29, 1.82) is 0 Å². The molecular formula is C26H24O8. The van der Waals surface area contributed by atoms with Crippen LogP contribution in [0.15, 0.2) is 78.9 Å². The average Bonchev–Trinajstić information content (AvgIpc) is 2.90. The summed E-state index contributed by atoms with van der Waals surface area (Å²) < 4.78 is 26.3. The summed E-state index contributed by atoms with van der Waals surface area (Å²) in [6.07, 6.45) is -1.03. The van der Waals surface area contributed by atoms with Crippen LogP contribution in [0.2, 0.25) is 0 Å². The minimum absolute atomic E-state index is 0.265. The van der Waals surface area contributed by atoms with Gasteiger partial charge in [-0.15, -0.1) is 0 Å². The maximum Gasteiger partial charge on any atom is 0.338 e. The van der Waals surface area contributed by atoms with E-state index in [0.29, 0.717) is 17.1 Å². The number of rotatable bonds is 10. The van der Waals surface area contributed by atoms with E-state index in [0.717, 1.165) is 0 Å². The van der Waals surface area contributed by atoms with Crippen molar-refractivity contribution in [2.75, 3.05) is 27.4 Å². The van der Waals surface area contributed by atoms with Gasteiger partial charge in [-0.3, -0.25) is 0 Å². The lowest BCUT2D eigenvalue weighted by molar-refractivity contribution is -0.0253. The van der Waals surface area contributed by atoms with E-state index in [1.165, 1.54) is 26.4 Å². The van der Waals surface area contributed by atoms with Crippen molar-refractivity contribution in [2.45, 2.75) is 6.10 Å². The van der Waals surface area contributed by atoms with E-state index >= 15 is 0 Å². The highest BCUT2D eigenvalue weighted by molar-refractivity contribution is 5.91. The number of carbonyl (C=O) groups is 3. The number of ether oxygens (including phenoxy) is 5. The molecule has 0 unspecified atom stereocenters. The van der Waals surface area contributed by atoms with Crippen LogP contribution in [0, 0.1) is 0 Å². The first-order valence-electron chi connectivity index (χ1n) is 10.4. The smallest absolute Gasteiger partial charge is 0.338 e. The Balaban J connectivity index is 1.67. The molecule has 0 heterocycles. The lowest BCUT2D eigenvalue weighted by atomic mass is 10.2. The third kappa shape index (κ3) is 6.83. The molecule has 3 aromatic carbocycles. The number of benzene rings is 3. The fraction of sp³-hybridized carbons (Fsp3) is 0.192. The number of carbonyl (C=O) groups excluding carboxylic acids is 3. The second kappa shape index (κ2) is 12.1. The molecule has 0 amide bonds. The van der Waals surface area contributed by atoms with Gasteiger partial charge in [0, 0.05) is 0 Å². The quantitative estimate of drug-likeness (QED) is 0.329. The first-order chi connectivity index (χ1) is 16.5. The van der Waals surface area contributed by atoms with Gasteiger partial charge >= 0.3 is 17.9 Å². The van der Waals surface area contributed by atoms with Gasteiger partial charge in [0.1, 0.15) is 24.7 Å². The maximum atomic E-state index is 12.5. The third-order valence-corrected chi connectivity index (χ3v) is 4.69. The van der Waals surface area contributed by atoms with Gasteiger partial charge in [-0.1, -0.05) is 30.3 Å². The fourth-order valence-electron chi connectivity index (χ4n) is 2.91. The first kappa shape index (κ1) is 24.3. The van der Waals surface area contributed by atoms with Crippen LogP contribution in [0.4, 0.5) is 0 Å². The average molecular weight is 464 g/mol. The van der Waals surface area contributed by atoms with Crippen LogP contribution in [0.3, 0.4) is 0 Å². The largest absolute Gasteiger partial charge is 0.497 e. The zero-order valence-corrected chi connectivity index (χ0v) is 18.8. The molecule has 176 valence electrons. The highest BCUT2D eigenvalue weighted by atomic mass is 16.6. The van der Waals surface area contributed by atoms with Crippen molar-refractivity contribution < 1.29 is 38.1 Å². The number of esters is 3. The second-order valence-electron chi connectivity index (χ2n) is 7.05. The molecule has 8 nitrogen and oxygen atoms in total. The highest BCUT2D eigenvalue weighted by Crippen LogP contribution is 2.16. The van der Waals surface area contributed by atoms with Crippen molar-refractivity contribution >= 4 is 17.9 Å². The van der Waals surface area contributed by atoms with Gasteiger partial charge in [0.25, 0.3) is 0 Å². The fourth-order valence-corrected chi connectivity index (χ4v) is 2.91. The topological polar surface area (TPSA) is 97.4 Å². The zero-order chi connectivity index (χ0) is 24.3. The highest BCUT2D eigenvalue weighted by Gasteiger charge is 2.21. The molecule has 0 radical (unpaired) electrons. The summed E-state index contributed by atoms with van der Waals surface area (Å²) in [6.45, 7) is -0.639. The molecule has 0 aromatic heterocycles. The SMILES string of the molecule is COc1cccc(C(=O)OCC(COC(=O)c2cccc(OC)c2)OC(=O)c2ccccc2)c1. The van der Waals surface area contributed by atoms with E-state index in [1.807, 2.05) is 0 Å². The van der Waals surface area contributed by atoms with Crippen molar-refractivity contribution in [3.05, 3.63) is 95.6 Å². The van der Waals surface area contributed by atoms with Gasteiger partial charge < -0.3 is 23.7 Å². The van der Waals surface area contributed by atoms with Gasteiger partial charge in [0.05, 0.1) is 30.9 Å². The summed E-state index contributed by atoms with van der Waals surface area (Å²) in [7, 11) is 2.97. The predicted molar refractivity (Wildman–Crippen MR) is 122 cm³/mol. The van der Waals surface area contributed by atoms with E-state index in [4.69, 9.17) is 23.7 Å². The molecule has 8 heteroatoms. The molecule has 0 N–H and O–H groups in total. The van der Waals surface area contributed by atoms with E-state index in [1.54, 1.807) is 66.7 Å². The summed E-state index contributed by atoms with van der Waals surface area (Å²) in [6, 6.07) is 21.2. The minimum Gasteiger partial charge on any atom is -0.497 e. The maximum absolute atomic E-state index is 12.5. The lowest BCUT2D eigenvalue weighted by Gasteiger charge is -2.18. The van der Waals surface area contributed by atoms with Crippen LogP contribution >= 0.6 is 0 Å². The normalized spacial score (nSPS) is 10.3. The Bertz CT molecular complexity index is 1060. The number of hydrogen-bond acceptors (Lipinski definition) is 8. The molecule has 0 atom stereocenters. The molecule has 0 aliphatic rings. The van der Waals surface area contributed by atoms with Crippen LogP contribution in [-0.4, -0.2) is 51.4 Å². The monoisotopic (exact) mass is 464 g/mol. The summed E-state index contributed by atoms with van der Waals surface area (Å²) in [5.41, 5.74) is 0.840. The molecule has 0 aliphatic carbocycles. The molecule has 0 bridgehead atoms. The molecule has 0 saturated heterocycles. The number of hydrogen-bond donors (Lipinski definition) is 0. The van der Waals surface area contributed by atoms with Crippen LogP contribution in [0.5, 0.6) is 11.5 Å². The van der Waals surface area contributed by atoms with Crippen LogP contribution in [-0.2, 0) is 14.2 Å². The van der Waals surface area contributed by atoms with Gasteiger partial charge in [-0.2, -0.15) is 0 Å². The van der Waals surface area contributed by atoms with E-state index in [-0.39, 0.29) is 24.3 Å². The Labute approximate surface area is 197 Å². The van der Waals surface area contributed by atoms with E-state index in [2.05, 4.69) is 0 Å². The molecule has 0 saturated carbocycles. The van der Waals surface area contributed by atoms with E-state index in [9.17, 15) is 14.4 Å². The summed E-state index contributed by atoms with van der Waals surface area (Å²) in [5, 5.41) is 0. The summed E-state index contributed by atoms with van der Waals surface area (Å²) >= 11 is 0. The predicted octanol–water partition coefficient (Wildman–Crippen LogP) is 3.94. The molecule has 0 spiro atoms. The minimum atomic E-state index is -1.03. The standard InChI is InChI=1S/C26H24O8/c1-30-21-12-6-10-19(14-21)24(27)32-16-23(34-26(29)18-8-4-3-5-9-18)17-33-25(28)20-11-7-13-22(15-20)31-2/h3-15,23H,16-17H2,1-2H3. The van der Waals surface area contributed by atoms with Crippen molar-refractivity contribution in [3.8, 4) is 11.5 Å². The Morgan fingerprint density at radius 2 is 1.09 bits per heavy atom. The van der Waals surface area contributed by atoms with Crippen molar-refractivity contribution in [2.24, 2.45) is 0 Å². The molecule has 34 heavy (non-hydrogen) atoms. The van der Waals surface area contributed by atoms with Gasteiger partial charge in [0.2, 0.25) is 0 Å². The van der Waals surface area contributed by atoms with Gasteiger partial charge in [-0.25, -0.2) is 14.4 Å². The van der Waals surface area contributed by atoms with Crippen molar-refractivity contribution in [3.63, 3.8) is 0 Å². The zero-order valence-electron chi connectivity index (χ0n) is 18.8. The van der Waals surface area contributed by atoms with Gasteiger partial charge in [-0.05, 0) is 48.5 Å². The Kier molecular flexibility index (Phi) is 8.62. The molecule has 0 fully saturated rings. The Morgan fingerprint density at radius 3 is 1.56 bits per heavy atom. The molecule has 0 aliphatic heterocycles. The summed E-state index contributed by atoms with van der Waals surface area (Å²) in [4.78, 5) is 37.4. The van der Waals surface area contributed by atoms with Crippen LogP contribution in [0.1, 0.15) is 31.1 Å². The Hall–Kier alpha value is -4.33. The summed E-state index contributed by atoms with van der Waals surface area (Å²) in [5.74, 6) is -0.930. The first-order valence-corrected chi connectivity index (χ1v) is 10.4. The molecule has 3 rings (SSSR count). The number of methoxy groups -OCH3 is 2.